The van der Waals surface area contributed by atoms with Crippen molar-refractivity contribution in [3.8, 4) is 11.3 Å². The van der Waals surface area contributed by atoms with Crippen LogP contribution < -0.4 is 5.32 Å². The minimum Gasteiger partial charge on any atom is -0.444 e. The van der Waals surface area contributed by atoms with Crippen molar-refractivity contribution < 1.29 is 9.53 Å². The normalized spacial score (nSPS) is 11.3. The Kier molecular flexibility index (Phi) is 4.32. The minimum atomic E-state index is -0.558. The highest BCUT2D eigenvalue weighted by Gasteiger charge is 2.18. The van der Waals surface area contributed by atoms with Gasteiger partial charge in [-0.25, -0.2) is 4.79 Å². The smallest absolute Gasteiger partial charge is 0.412 e. The van der Waals surface area contributed by atoms with E-state index in [0.29, 0.717) is 11.4 Å². The maximum atomic E-state index is 11.9. The van der Waals surface area contributed by atoms with Crippen molar-refractivity contribution >= 4 is 27.7 Å². The van der Waals surface area contributed by atoms with Crippen LogP contribution in [-0.2, 0) is 11.8 Å². The summed E-state index contributed by atoms with van der Waals surface area (Å²) in [7, 11) is 1.82. The monoisotopic (exact) mass is 352 g/mol. The molecule has 0 spiro atoms. The van der Waals surface area contributed by atoms with Crippen molar-refractivity contribution in [2.45, 2.75) is 26.4 Å². The molecular formula is C14H17BrN4O2. The van der Waals surface area contributed by atoms with Gasteiger partial charge in [0.1, 0.15) is 5.60 Å². The SMILES string of the molecule is Cn1cc(-c2ncc(Br)cc2NC(=O)OC(C)(C)C)cn1. The van der Waals surface area contributed by atoms with Crippen LogP contribution in [-0.4, -0.2) is 26.5 Å². The largest absolute Gasteiger partial charge is 0.444 e. The van der Waals surface area contributed by atoms with E-state index in [1.807, 2.05) is 34.0 Å². The molecule has 2 rings (SSSR count). The maximum absolute atomic E-state index is 11.9. The van der Waals surface area contributed by atoms with Crippen LogP contribution in [0.1, 0.15) is 20.8 Å². The Morgan fingerprint density at radius 3 is 2.67 bits per heavy atom. The molecule has 0 radical (unpaired) electrons. The molecule has 2 heterocycles. The molecule has 0 aliphatic rings. The highest BCUT2D eigenvalue weighted by Crippen LogP contribution is 2.28. The fourth-order valence-electron chi connectivity index (χ4n) is 1.72. The molecule has 21 heavy (non-hydrogen) atoms. The first-order valence-corrected chi connectivity index (χ1v) is 7.18. The fraction of sp³-hybridized carbons (Fsp3) is 0.357. The van der Waals surface area contributed by atoms with Crippen molar-refractivity contribution in [2.24, 2.45) is 7.05 Å². The van der Waals surface area contributed by atoms with E-state index < -0.39 is 11.7 Å². The molecule has 1 amide bonds. The lowest BCUT2D eigenvalue weighted by Crippen LogP contribution is -2.27. The van der Waals surface area contributed by atoms with Crippen molar-refractivity contribution in [1.82, 2.24) is 14.8 Å². The number of carbonyl (C=O) groups excluding carboxylic acids is 1. The average molecular weight is 353 g/mol. The number of ether oxygens (including phenoxy) is 1. The first-order chi connectivity index (χ1) is 9.74. The molecule has 0 aliphatic heterocycles. The van der Waals surface area contributed by atoms with Crippen LogP contribution in [0.5, 0.6) is 0 Å². The molecular weight excluding hydrogens is 336 g/mol. The Hall–Kier alpha value is -1.89. The molecule has 2 aromatic rings. The number of anilines is 1. The number of nitrogens with zero attached hydrogens (tertiary/aromatic N) is 3. The van der Waals surface area contributed by atoms with E-state index in [1.165, 1.54) is 0 Å². The van der Waals surface area contributed by atoms with Gasteiger partial charge in [0.15, 0.2) is 0 Å². The van der Waals surface area contributed by atoms with Gasteiger partial charge in [0, 0.05) is 29.5 Å². The van der Waals surface area contributed by atoms with Crippen LogP contribution in [0.4, 0.5) is 10.5 Å². The van der Waals surface area contributed by atoms with Gasteiger partial charge in [-0.3, -0.25) is 15.0 Å². The van der Waals surface area contributed by atoms with Crippen molar-refractivity contribution in [2.75, 3.05) is 5.32 Å². The number of carbonyl (C=O) groups is 1. The number of aromatic nitrogens is 3. The van der Waals surface area contributed by atoms with Crippen molar-refractivity contribution in [1.29, 1.82) is 0 Å². The van der Waals surface area contributed by atoms with E-state index in [-0.39, 0.29) is 0 Å². The standard InChI is InChI=1S/C14H17BrN4O2/c1-14(2,3)21-13(20)18-11-5-10(15)7-16-12(11)9-6-17-19(4)8-9/h5-8H,1-4H3,(H,18,20). The molecule has 2 aromatic heterocycles. The third kappa shape index (κ3) is 4.29. The summed E-state index contributed by atoms with van der Waals surface area (Å²) < 4.78 is 7.71. The highest BCUT2D eigenvalue weighted by molar-refractivity contribution is 9.10. The molecule has 6 nitrogen and oxygen atoms in total. The molecule has 0 aliphatic carbocycles. The molecule has 0 saturated heterocycles. The lowest BCUT2D eigenvalue weighted by molar-refractivity contribution is 0.0636. The lowest BCUT2D eigenvalue weighted by atomic mass is 10.2. The quantitative estimate of drug-likeness (QED) is 0.896. The van der Waals surface area contributed by atoms with E-state index in [1.54, 1.807) is 23.1 Å². The molecule has 0 atom stereocenters. The zero-order valence-corrected chi connectivity index (χ0v) is 13.9. The molecule has 0 saturated carbocycles. The van der Waals surface area contributed by atoms with E-state index in [4.69, 9.17) is 4.74 Å². The maximum Gasteiger partial charge on any atom is 0.412 e. The van der Waals surface area contributed by atoms with Crippen molar-refractivity contribution in [3.05, 3.63) is 29.1 Å². The zero-order chi connectivity index (χ0) is 15.6. The zero-order valence-electron chi connectivity index (χ0n) is 12.3. The summed E-state index contributed by atoms with van der Waals surface area (Å²) in [5.74, 6) is 0. The Morgan fingerprint density at radius 1 is 1.38 bits per heavy atom. The third-order valence-corrected chi connectivity index (χ3v) is 2.90. The number of hydrogen-bond acceptors (Lipinski definition) is 4. The molecule has 1 N–H and O–H groups in total. The van der Waals surface area contributed by atoms with Gasteiger partial charge in [0.25, 0.3) is 0 Å². The number of nitrogens with one attached hydrogen (secondary N) is 1. The molecule has 112 valence electrons. The van der Waals surface area contributed by atoms with Crippen LogP contribution in [0.3, 0.4) is 0 Å². The fourth-order valence-corrected chi connectivity index (χ4v) is 2.05. The Morgan fingerprint density at radius 2 is 2.10 bits per heavy atom. The van der Waals surface area contributed by atoms with Gasteiger partial charge in [0.2, 0.25) is 0 Å². The second kappa shape index (κ2) is 5.85. The van der Waals surface area contributed by atoms with Crippen LogP contribution >= 0.6 is 15.9 Å². The van der Waals surface area contributed by atoms with Gasteiger partial charge >= 0.3 is 6.09 Å². The minimum absolute atomic E-state index is 0.521. The molecule has 0 bridgehead atoms. The van der Waals surface area contributed by atoms with Crippen LogP contribution in [0.25, 0.3) is 11.3 Å². The van der Waals surface area contributed by atoms with Crippen LogP contribution in [0, 0.1) is 0 Å². The first-order valence-electron chi connectivity index (χ1n) is 6.39. The first kappa shape index (κ1) is 15.5. The summed E-state index contributed by atoms with van der Waals surface area (Å²) in [6.45, 7) is 5.44. The second-order valence-corrected chi connectivity index (χ2v) is 6.49. The molecule has 0 unspecified atom stereocenters. The Balaban J connectivity index is 2.30. The van der Waals surface area contributed by atoms with E-state index in [2.05, 4.69) is 31.3 Å². The Labute approximate surface area is 131 Å². The number of amides is 1. The number of pyridine rings is 1. The van der Waals surface area contributed by atoms with Gasteiger partial charge in [0.05, 0.1) is 17.6 Å². The molecule has 7 heteroatoms. The van der Waals surface area contributed by atoms with E-state index in [0.717, 1.165) is 10.0 Å². The number of hydrogen-bond donors (Lipinski definition) is 1. The number of aryl methyl sites for hydroxylation is 1. The number of halogens is 1. The number of rotatable bonds is 2. The van der Waals surface area contributed by atoms with Gasteiger partial charge in [-0.05, 0) is 42.8 Å². The molecule has 0 aromatic carbocycles. The summed E-state index contributed by atoms with van der Waals surface area (Å²) in [6.07, 6.45) is 4.67. The van der Waals surface area contributed by atoms with Gasteiger partial charge in [-0.1, -0.05) is 0 Å². The van der Waals surface area contributed by atoms with Crippen LogP contribution in [0.15, 0.2) is 29.1 Å². The van der Waals surface area contributed by atoms with Gasteiger partial charge in [-0.2, -0.15) is 5.10 Å². The van der Waals surface area contributed by atoms with Gasteiger partial charge in [-0.15, -0.1) is 0 Å². The summed E-state index contributed by atoms with van der Waals surface area (Å²) in [4.78, 5) is 16.3. The predicted molar refractivity (Wildman–Crippen MR) is 84.0 cm³/mol. The highest BCUT2D eigenvalue weighted by atomic mass is 79.9. The van der Waals surface area contributed by atoms with E-state index >= 15 is 0 Å². The Bertz CT molecular complexity index is 661. The van der Waals surface area contributed by atoms with Crippen molar-refractivity contribution in [3.63, 3.8) is 0 Å². The van der Waals surface area contributed by atoms with Gasteiger partial charge < -0.3 is 4.74 Å². The average Bonchev–Trinajstić information content (AvgIpc) is 2.73. The third-order valence-electron chi connectivity index (χ3n) is 2.47. The molecule has 0 fully saturated rings. The summed E-state index contributed by atoms with van der Waals surface area (Å²) >= 11 is 3.35. The second-order valence-electron chi connectivity index (χ2n) is 5.58. The summed E-state index contributed by atoms with van der Waals surface area (Å²) in [5, 5.41) is 6.84. The summed E-state index contributed by atoms with van der Waals surface area (Å²) in [6, 6.07) is 1.78. The topological polar surface area (TPSA) is 69.0 Å². The predicted octanol–water partition coefficient (Wildman–Crippen LogP) is 3.59. The summed E-state index contributed by atoms with van der Waals surface area (Å²) in [5.41, 5.74) is 1.46. The van der Waals surface area contributed by atoms with Crippen LogP contribution in [0.2, 0.25) is 0 Å². The van der Waals surface area contributed by atoms with E-state index in [9.17, 15) is 4.79 Å². The lowest BCUT2D eigenvalue weighted by Gasteiger charge is -2.20.